The van der Waals surface area contributed by atoms with Crippen LogP contribution < -0.4 is 4.74 Å². The molecule has 3 aromatic rings. The maximum absolute atomic E-state index is 12.9. The zero-order valence-electron chi connectivity index (χ0n) is 19.8. The van der Waals surface area contributed by atoms with Gasteiger partial charge in [-0.25, -0.2) is 4.79 Å². The number of nitrogens with zero attached hydrogens (tertiary/aromatic N) is 1. The maximum atomic E-state index is 12.9. The van der Waals surface area contributed by atoms with Gasteiger partial charge in [-0.15, -0.1) is 0 Å². The number of hydrogen-bond acceptors (Lipinski definition) is 4. The van der Waals surface area contributed by atoms with E-state index in [1.54, 1.807) is 31.1 Å². The summed E-state index contributed by atoms with van der Waals surface area (Å²) in [5.74, 6) is -0.898. The van der Waals surface area contributed by atoms with E-state index in [0.717, 1.165) is 27.8 Å². The Labute approximate surface area is 199 Å². The molecule has 1 heterocycles. The molecule has 4 rings (SSSR count). The highest BCUT2D eigenvalue weighted by Crippen LogP contribution is 2.38. The average Bonchev–Trinajstić information content (AvgIpc) is 3.12. The van der Waals surface area contributed by atoms with Crippen LogP contribution in [-0.4, -0.2) is 35.2 Å². The van der Waals surface area contributed by atoms with Crippen LogP contribution >= 0.6 is 0 Å². The molecule has 0 bridgehead atoms. The van der Waals surface area contributed by atoms with Crippen LogP contribution in [0.3, 0.4) is 0 Å². The van der Waals surface area contributed by atoms with Gasteiger partial charge < -0.3 is 14.6 Å². The van der Waals surface area contributed by atoms with E-state index in [2.05, 4.69) is 6.07 Å². The second-order valence-electron chi connectivity index (χ2n) is 8.76. The van der Waals surface area contributed by atoms with Gasteiger partial charge in [-0.2, -0.15) is 0 Å². The predicted octanol–water partition coefficient (Wildman–Crippen LogP) is 5.94. The minimum atomic E-state index is -0.888. The minimum absolute atomic E-state index is 0.150. The molecule has 1 N–H and O–H groups in total. The highest BCUT2D eigenvalue weighted by molar-refractivity contribution is 5.80. The number of carboxylic acid groups (broad SMARTS) is 1. The zero-order chi connectivity index (χ0) is 24.4. The van der Waals surface area contributed by atoms with Crippen molar-refractivity contribution in [2.24, 2.45) is 0 Å². The molecule has 6 nitrogen and oxygen atoms in total. The lowest BCUT2D eigenvalue weighted by Crippen LogP contribution is -2.31. The standard InChI is InChI=1S/C28H29NO5/c1-17-10-12-23(24-15-21(18(2)27(30)31)11-13-25(24)33-4)22(14-17)16-29-19(3)26(34-28(29)32)20-8-6-5-7-9-20/h5-15,18-19,26H,16H2,1-4H3,(H,30,31)/t18?,19-,26-/m0/s1. The number of carbonyl (C=O) groups excluding carboxylic acids is 1. The molecular weight excluding hydrogens is 430 g/mol. The minimum Gasteiger partial charge on any atom is -0.496 e. The molecule has 1 unspecified atom stereocenters. The molecule has 6 heteroatoms. The Hall–Kier alpha value is -3.80. The number of methoxy groups -OCH3 is 1. The van der Waals surface area contributed by atoms with Gasteiger partial charge in [0.2, 0.25) is 0 Å². The van der Waals surface area contributed by atoms with E-state index in [9.17, 15) is 14.7 Å². The third-order valence-corrected chi connectivity index (χ3v) is 6.51. The second kappa shape index (κ2) is 9.59. The zero-order valence-corrected chi connectivity index (χ0v) is 19.8. The van der Waals surface area contributed by atoms with E-state index in [0.29, 0.717) is 17.9 Å². The number of cyclic esters (lactones) is 1. The first-order valence-corrected chi connectivity index (χ1v) is 11.3. The van der Waals surface area contributed by atoms with Crippen molar-refractivity contribution in [3.63, 3.8) is 0 Å². The quantitative estimate of drug-likeness (QED) is 0.473. The van der Waals surface area contributed by atoms with Gasteiger partial charge in [0.25, 0.3) is 0 Å². The van der Waals surface area contributed by atoms with Crippen LogP contribution in [0.5, 0.6) is 5.75 Å². The van der Waals surface area contributed by atoms with Gasteiger partial charge in [0, 0.05) is 5.56 Å². The molecule has 1 aliphatic heterocycles. The van der Waals surface area contributed by atoms with Crippen molar-refractivity contribution in [2.75, 3.05) is 7.11 Å². The Morgan fingerprint density at radius 2 is 1.82 bits per heavy atom. The highest BCUT2D eigenvalue weighted by Gasteiger charge is 2.39. The van der Waals surface area contributed by atoms with E-state index in [4.69, 9.17) is 9.47 Å². The summed E-state index contributed by atoms with van der Waals surface area (Å²) in [6.07, 6.45) is -0.690. The van der Waals surface area contributed by atoms with Crippen LogP contribution in [0.25, 0.3) is 11.1 Å². The number of carbonyl (C=O) groups is 2. The van der Waals surface area contributed by atoms with Crippen molar-refractivity contribution in [3.05, 3.63) is 89.0 Å². The van der Waals surface area contributed by atoms with E-state index in [1.807, 2.05) is 62.4 Å². The highest BCUT2D eigenvalue weighted by atomic mass is 16.6. The molecular formula is C28H29NO5. The van der Waals surface area contributed by atoms with E-state index < -0.39 is 11.9 Å². The van der Waals surface area contributed by atoms with Gasteiger partial charge in [-0.05, 0) is 55.2 Å². The van der Waals surface area contributed by atoms with Crippen LogP contribution in [0.2, 0.25) is 0 Å². The Balaban J connectivity index is 1.72. The third-order valence-electron chi connectivity index (χ3n) is 6.51. The number of aliphatic carboxylic acids is 1. The monoisotopic (exact) mass is 459 g/mol. The average molecular weight is 460 g/mol. The Bertz CT molecular complexity index is 1210. The van der Waals surface area contributed by atoms with Gasteiger partial charge >= 0.3 is 12.1 Å². The van der Waals surface area contributed by atoms with E-state index in [-0.39, 0.29) is 18.2 Å². The molecule has 1 saturated heterocycles. The Morgan fingerprint density at radius 3 is 2.50 bits per heavy atom. The maximum Gasteiger partial charge on any atom is 0.411 e. The van der Waals surface area contributed by atoms with Gasteiger partial charge in [-0.3, -0.25) is 9.69 Å². The molecule has 0 aliphatic carbocycles. The molecule has 1 aliphatic rings. The topological polar surface area (TPSA) is 76.1 Å². The van der Waals surface area contributed by atoms with Crippen LogP contribution in [-0.2, 0) is 16.1 Å². The molecule has 1 amide bonds. The number of carboxylic acids is 1. The summed E-state index contributed by atoms with van der Waals surface area (Å²) >= 11 is 0. The molecule has 34 heavy (non-hydrogen) atoms. The first kappa shape index (κ1) is 23.4. The van der Waals surface area contributed by atoms with E-state index in [1.165, 1.54) is 0 Å². The summed E-state index contributed by atoms with van der Waals surface area (Å²) in [4.78, 5) is 26.2. The lowest BCUT2D eigenvalue weighted by atomic mass is 9.92. The normalized spacial score (nSPS) is 18.5. The molecule has 176 valence electrons. The molecule has 0 aromatic heterocycles. The molecule has 3 atom stereocenters. The summed E-state index contributed by atoms with van der Waals surface area (Å²) in [6.45, 7) is 6.03. The predicted molar refractivity (Wildman–Crippen MR) is 130 cm³/mol. The van der Waals surface area contributed by atoms with Crippen molar-refractivity contribution >= 4 is 12.1 Å². The fourth-order valence-electron chi connectivity index (χ4n) is 4.45. The first-order valence-electron chi connectivity index (χ1n) is 11.3. The summed E-state index contributed by atoms with van der Waals surface area (Å²) in [7, 11) is 1.59. The summed E-state index contributed by atoms with van der Waals surface area (Å²) in [5.41, 5.74) is 5.34. The van der Waals surface area contributed by atoms with Crippen molar-refractivity contribution in [3.8, 4) is 16.9 Å². The molecule has 3 aromatic carbocycles. The largest absolute Gasteiger partial charge is 0.496 e. The number of amides is 1. The van der Waals surface area contributed by atoms with Crippen molar-refractivity contribution in [1.82, 2.24) is 4.90 Å². The first-order chi connectivity index (χ1) is 16.3. The molecule has 0 spiro atoms. The van der Waals surface area contributed by atoms with Crippen molar-refractivity contribution < 1.29 is 24.2 Å². The summed E-state index contributed by atoms with van der Waals surface area (Å²) in [5, 5.41) is 9.49. The molecule has 0 radical (unpaired) electrons. The van der Waals surface area contributed by atoms with Gasteiger partial charge in [0.1, 0.15) is 11.9 Å². The summed E-state index contributed by atoms with van der Waals surface area (Å²) in [6, 6.07) is 21.1. The SMILES string of the molecule is COc1ccc(C(C)C(=O)O)cc1-c1ccc(C)cc1CN1C(=O)O[C@H](c2ccccc2)[C@@H]1C. The van der Waals surface area contributed by atoms with Gasteiger partial charge in [0.15, 0.2) is 0 Å². The number of aryl methyl sites for hydroxylation is 1. The van der Waals surface area contributed by atoms with Crippen LogP contribution in [0, 0.1) is 6.92 Å². The Kier molecular flexibility index (Phi) is 6.59. The van der Waals surface area contributed by atoms with E-state index >= 15 is 0 Å². The molecule has 0 saturated carbocycles. The van der Waals surface area contributed by atoms with Crippen LogP contribution in [0.1, 0.15) is 48.1 Å². The van der Waals surface area contributed by atoms with Crippen LogP contribution in [0.15, 0.2) is 66.7 Å². The summed E-state index contributed by atoms with van der Waals surface area (Å²) < 4.78 is 11.4. The number of benzene rings is 3. The lowest BCUT2D eigenvalue weighted by Gasteiger charge is -2.23. The van der Waals surface area contributed by atoms with Gasteiger partial charge in [-0.1, -0.05) is 60.2 Å². The Morgan fingerprint density at radius 1 is 1.09 bits per heavy atom. The number of ether oxygens (including phenoxy) is 2. The van der Waals surface area contributed by atoms with Gasteiger partial charge in [0.05, 0.1) is 25.6 Å². The molecule has 1 fully saturated rings. The lowest BCUT2D eigenvalue weighted by molar-refractivity contribution is -0.138. The van der Waals surface area contributed by atoms with Crippen molar-refractivity contribution in [2.45, 2.75) is 45.4 Å². The van der Waals surface area contributed by atoms with Crippen LogP contribution in [0.4, 0.5) is 4.79 Å². The smallest absolute Gasteiger partial charge is 0.411 e. The second-order valence-corrected chi connectivity index (χ2v) is 8.76. The fourth-order valence-corrected chi connectivity index (χ4v) is 4.45. The number of rotatable bonds is 7. The fraction of sp³-hybridized carbons (Fsp3) is 0.286. The number of hydrogen-bond donors (Lipinski definition) is 1. The third kappa shape index (κ3) is 4.49. The van der Waals surface area contributed by atoms with Crippen molar-refractivity contribution in [1.29, 1.82) is 0 Å².